The minimum atomic E-state index is -4.80. The average molecular weight is 671 g/mol. The van der Waals surface area contributed by atoms with Crippen LogP contribution in [0.5, 0.6) is 0 Å². The second-order valence-electron chi connectivity index (χ2n) is 11.0. The molecule has 4 aromatic rings. The molecule has 6 rings (SSSR count). The van der Waals surface area contributed by atoms with Crippen molar-refractivity contribution in [2.75, 3.05) is 50.4 Å². The number of benzene rings is 1. The Morgan fingerprint density at radius 3 is 2.38 bits per heavy atom. The van der Waals surface area contributed by atoms with Crippen LogP contribution in [0.1, 0.15) is 39.5 Å². The van der Waals surface area contributed by atoms with Gasteiger partial charge in [-0.2, -0.15) is 18.3 Å². The van der Waals surface area contributed by atoms with Crippen molar-refractivity contribution in [1.82, 2.24) is 39.8 Å². The number of nitrogens with one attached hydrogen (secondary N) is 4. The fourth-order valence-corrected chi connectivity index (χ4v) is 5.77. The van der Waals surface area contributed by atoms with E-state index in [0.29, 0.717) is 31.9 Å². The zero-order valence-corrected chi connectivity index (χ0v) is 25.8. The largest absolute Gasteiger partial charge is 0.435 e. The molecule has 0 spiro atoms. The summed E-state index contributed by atoms with van der Waals surface area (Å²) < 4.78 is 42.7. The van der Waals surface area contributed by atoms with Gasteiger partial charge in [0.05, 0.1) is 46.0 Å². The maximum atomic E-state index is 13.9. The first-order valence-corrected chi connectivity index (χ1v) is 15.2. The summed E-state index contributed by atoms with van der Waals surface area (Å²) >= 11 is 6.43. The molecule has 2 saturated heterocycles. The van der Waals surface area contributed by atoms with Gasteiger partial charge in [0.1, 0.15) is 0 Å². The molecular weight excluding hydrogens is 641 g/mol. The van der Waals surface area contributed by atoms with Gasteiger partial charge >= 0.3 is 6.18 Å². The highest BCUT2D eigenvalue weighted by Crippen LogP contribution is 2.36. The lowest BCUT2D eigenvalue weighted by molar-refractivity contribution is -0.141. The fourth-order valence-electron chi connectivity index (χ4n) is 5.51. The van der Waals surface area contributed by atoms with Gasteiger partial charge < -0.3 is 30.7 Å². The van der Waals surface area contributed by atoms with E-state index in [-0.39, 0.29) is 57.0 Å². The minimum Gasteiger partial charge on any atom is -0.387 e. The van der Waals surface area contributed by atoms with Gasteiger partial charge in [-0.15, -0.1) is 0 Å². The number of anilines is 2. The highest BCUT2D eigenvalue weighted by Gasteiger charge is 2.38. The number of rotatable bonds is 7. The molecule has 1 aromatic carbocycles. The van der Waals surface area contributed by atoms with Crippen molar-refractivity contribution in [2.45, 2.75) is 25.1 Å². The standard InChI is InChI=1S/C30H30ClF3N10O3/c1-35-18-5-7-24(37-14-18)44-16-20(25(41-44)30(32,33)34)23-15-38-26(40-23)27(45)39-17-4-6-19(21(31)13-17)28(46)42-9-11-43(12-10-42)29(47)22-3-2-8-36-22/h4-7,13-16,22,35-36H,2-3,8-12H2,1H3,(H,38,40)(H,39,45). The lowest BCUT2D eigenvalue weighted by atomic mass is 10.1. The molecule has 0 aliphatic carbocycles. The summed E-state index contributed by atoms with van der Waals surface area (Å²) in [5.41, 5.74) is -0.444. The number of pyridine rings is 1. The van der Waals surface area contributed by atoms with Crippen molar-refractivity contribution in [3.8, 4) is 17.1 Å². The van der Waals surface area contributed by atoms with Crippen LogP contribution in [-0.4, -0.2) is 98.1 Å². The highest BCUT2D eigenvalue weighted by atomic mass is 35.5. The van der Waals surface area contributed by atoms with E-state index in [9.17, 15) is 27.6 Å². The maximum absolute atomic E-state index is 13.9. The molecule has 2 aliphatic rings. The molecule has 3 amide bonds. The summed E-state index contributed by atoms with van der Waals surface area (Å²) in [5.74, 6) is -1.08. The zero-order chi connectivity index (χ0) is 33.3. The predicted octanol–water partition coefficient (Wildman–Crippen LogP) is 3.66. The van der Waals surface area contributed by atoms with E-state index in [1.54, 1.807) is 22.9 Å². The van der Waals surface area contributed by atoms with Gasteiger partial charge in [-0.25, -0.2) is 14.6 Å². The summed E-state index contributed by atoms with van der Waals surface area (Å²) in [6.45, 7) is 2.40. The Morgan fingerprint density at radius 1 is 1.00 bits per heavy atom. The van der Waals surface area contributed by atoms with Gasteiger partial charge in [0.2, 0.25) is 5.91 Å². The van der Waals surface area contributed by atoms with Gasteiger partial charge in [-0.1, -0.05) is 11.6 Å². The summed E-state index contributed by atoms with van der Waals surface area (Å²) in [6.07, 6.45) is 0.694. The SMILES string of the molecule is CNc1ccc(-n2cc(-c3cnc(C(=O)Nc4ccc(C(=O)N5CCN(C(=O)C6CCCN6)CC5)c(Cl)c4)[nH]3)c(C(F)(F)F)n2)nc1. The molecule has 0 bridgehead atoms. The molecule has 17 heteroatoms. The molecular formula is C30H30ClF3N10O3. The first-order valence-electron chi connectivity index (χ1n) is 14.8. The lowest BCUT2D eigenvalue weighted by Gasteiger charge is -2.36. The van der Waals surface area contributed by atoms with E-state index in [2.05, 4.69) is 36.0 Å². The molecule has 2 aliphatic heterocycles. The number of piperazine rings is 1. The number of hydrogen-bond acceptors (Lipinski definition) is 8. The maximum Gasteiger partial charge on any atom is 0.435 e. The van der Waals surface area contributed by atoms with Crippen molar-refractivity contribution in [3.63, 3.8) is 0 Å². The van der Waals surface area contributed by atoms with Crippen LogP contribution >= 0.6 is 11.6 Å². The summed E-state index contributed by atoms with van der Waals surface area (Å²) in [5, 5.41) is 12.5. The molecule has 47 heavy (non-hydrogen) atoms. The van der Waals surface area contributed by atoms with Crippen molar-refractivity contribution in [3.05, 3.63) is 71.0 Å². The number of amides is 3. The quantitative estimate of drug-likeness (QED) is 0.233. The van der Waals surface area contributed by atoms with E-state index in [0.717, 1.165) is 36.5 Å². The molecule has 0 saturated carbocycles. The van der Waals surface area contributed by atoms with Crippen LogP contribution in [0, 0.1) is 0 Å². The molecule has 3 aromatic heterocycles. The van der Waals surface area contributed by atoms with E-state index >= 15 is 0 Å². The van der Waals surface area contributed by atoms with Crippen molar-refractivity contribution in [1.29, 1.82) is 0 Å². The number of aromatic nitrogens is 5. The van der Waals surface area contributed by atoms with E-state index in [1.165, 1.54) is 30.5 Å². The molecule has 5 heterocycles. The molecule has 1 unspecified atom stereocenters. The molecule has 0 radical (unpaired) electrons. The second-order valence-corrected chi connectivity index (χ2v) is 11.5. The molecule has 1 atom stereocenters. The Morgan fingerprint density at radius 2 is 1.74 bits per heavy atom. The number of nitrogens with zero attached hydrogens (tertiary/aromatic N) is 6. The Hall–Kier alpha value is -4.96. The van der Waals surface area contributed by atoms with E-state index in [1.807, 2.05) is 0 Å². The van der Waals surface area contributed by atoms with Crippen LogP contribution in [0.2, 0.25) is 5.02 Å². The second kappa shape index (κ2) is 13.0. The third kappa shape index (κ3) is 6.78. The topological polar surface area (TPSA) is 153 Å². The Balaban J connectivity index is 1.12. The number of carbonyl (C=O) groups is 3. The Kier molecular flexibility index (Phi) is 8.88. The minimum absolute atomic E-state index is 0.0557. The number of alkyl halides is 3. The van der Waals surface area contributed by atoms with Gasteiger partial charge in [0.25, 0.3) is 11.8 Å². The lowest BCUT2D eigenvalue weighted by Crippen LogP contribution is -2.54. The van der Waals surface area contributed by atoms with Crippen LogP contribution < -0.4 is 16.0 Å². The fraction of sp³-hybridized carbons (Fsp3) is 0.333. The van der Waals surface area contributed by atoms with Gasteiger partial charge in [-0.3, -0.25) is 14.4 Å². The number of aromatic amines is 1. The van der Waals surface area contributed by atoms with E-state index in [4.69, 9.17) is 11.6 Å². The van der Waals surface area contributed by atoms with Crippen LogP contribution in [0.4, 0.5) is 24.5 Å². The van der Waals surface area contributed by atoms with Crippen LogP contribution in [-0.2, 0) is 11.0 Å². The molecule has 4 N–H and O–H groups in total. The number of halogens is 4. The number of H-pyrrole nitrogens is 1. The summed E-state index contributed by atoms with van der Waals surface area (Å²) in [7, 11) is 1.69. The monoisotopic (exact) mass is 670 g/mol. The summed E-state index contributed by atoms with van der Waals surface area (Å²) in [6, 6.07) is 7.36. The molecule has 13 nitrogen and oxygen atoms in total. The third-order valence-electron chi connectivity index (χ3n) is 8.03. The third-order valence-corrected chi connectivity index (χ3v) is 8.34. The Labute approximate surface area is 271 Å². The number of carbonyl (C=O) groups excluding carboxylic acids is 3. The zero-order valence-electron chi connectivity index (χ0n) is 25.1. The van der Waals surface area contributed by atoms with Crippen molar-refractivity contribution >= 4 is 40.7 Å². The van der Waals surface area contributed by atoms with Gasteiger partial charge in [-0.05, 0) is 49.7 Å². The first-order chi connectivity index (χ1) is 22.5. The molecule has 246 valence electrons. The normalized spacial score (nSPS) is 16.7. The number of hydrogen-bond donors (Lipinski definition) is 4. The smallest absolute Gasteiger partial charge is 0.387 e. The van der Waals surface area contributed by atoms with Crippen molar-refractivity contribution < 1.29 is 27.6 Å². The number of imidazole rings is 1. The molecule has 2 fully saturated rings. The highest BCUT2D eigenvalue weighted by molar-refractivity contribution is 6.34. The van der Waals surface area contributed by atoms with Gasteiger partial charge in [0.15, 0.2) is 17.3 Å². The predicted molar refractivity (Wildman–Crippen MR) is 166 cm³/mol. The Bertz CT molecular complexity index is 1790. The van der Waals surface area contributed by atoms with E-state index < -0.39 is 17.8 Å². The average Bonchev–Trinajstić information content (AvgIpc) is 3.86. The van der Waals surface area contributed by atoms with Crippen LogP contribution in [0.3, 0.4) is 0 Å². The first kappa shape index (κ1) is 32.0. The van der Waals surface area contributed by atoms with Crippen molar-refractivity contribution in [2.24, 2.45) is 0 Å². The van der Waals surface area contributed by atoms with Crippen LogP contribution in [0.15, 0.2) is 48.9 Å². The summed E-state index contributed by atoms with van der Waals surface area (Å²) in [4.78, 5) is 53.0. The van der Waals surface area contributed by atoms with Crippen LogP contribution in [0.25, 0.3) is 17.1 Å². The van der Waals surface area contributed by atoms with Gasteiger partial charge in [0, 0.05) is 45.1 Å².